The summed E-state index contributed by atoms with van der Waals surface area (Å²) in [7, 11) is 0. The van der Waals surface area contributed by atoms with Gasteiger partial charge in [0, 0.05) is 16.6 Å². The first-order valence-corrected chi connectivity index (χ1v) is 6.37. The van der Waals surface area contributed by atoms with Crippen molar-refractivity contribution in [3.63, 3.8) is 0 Å². The largest absolute Gasteiger partial charge is 0.324 e. The molecule has 1 aromatic rings. The van der Waals surface area contributed by atoms with E-state index in [4.69, 9.17) is 17.3 Å². The van der Waals surface area contributed by atoms with Gasteiger partial charge in [0.2, 0.25) is 0 Å². The number of rotatable bonds is 2. The summed E-state index contributed by atoms with van der Waals surface area (Å²) < 4.78 is 27.4. The van der Waals surface area contributed by atoms with Gasteiger partial charge in [-0.3, -0.25) is 0 Å². The summed E-state index contributed by atoms with van der Waals surface area (Å²) >= 11 is 5.59. The van der Waals surface area contributed by atoms with E-state index in [0.717, 1.165) is 37.8 Å². The molecule has 0 radical (unpaired) electrons. The third-order valence-corrected chi connectivity index (χ3v) is 3.75. The van der Waals surface area contributed by atoms with Crippen LogP contribution in [0.2, 0.25) is 5.02 Å². The van der Waals surface area contributed by atoms with Crippen LogP contribution in [0.3, 0.4) is 0 Å². The van der Waals surface area contributed by atoms with Gasteiger partial charge in [0.1, 0.15) is 11.6 Å². The van der Waals surface area contributed by atoms with Gasteiger partial charge >= 0.3 is 0 Å². The van der Waals surface area contributed by atoms with Gasteiger partial charge in [-0.2, -0.15) is 0 Å². The Morgan fingerprint density at radius 1 is 1.12 bits per heavy atom. The van der Waals surface area contributed by atoms with Gasteiger partial charge in [-0.25, -0.2) is 8.78 Å². The van der Waals surface area contributed by atoms with E-state index in [-0.39, 0.29) is 16.5 Å². The maximum Gasteiger partial charge on any atom is 0.132 e. The van der Waals surface area contributed by atoms with E-state index in [2.05, 4.69) is 0 Å². The predicted molar refractivity (Wildman–Crippen MR) is 64.9 cm³/mol. The molecule has 2 N–H and O–H groups in total. The maximum atomic E-state index is 13.7. The zero-order valence-corrected chi connectivity index (χ0v) is 10.3. The van der Waals surface area contributed by atoms with Crippen molar-refractivity contribution in [3.05, 3.63) is 34.4 Å². The molecule has 0 unspecified atom stereocenters. The van der Waals surface area contributed by atoms with Crippen LogP contribution in [0.5, 0.6) is 0 Å². The Morgan fingerprint density at radius 2 is 1.65 bits per heavy atom. The first-order chi connectivity index (χ1) is 8.09. The minimum absolute atomic E-state index is 0.0127. The molecule has 1 aliphatic rings. The predicted octanol–water partition coefficient (Wildman–Crippen LogP) is 4.20. The van der Waals surface area contributed by atoms with E-state index in [1.165, 1.54) is 6.42 Å². The van der Waals surface area contributed by atoms with Crippen LogP contribution in [0.25, 0.3) is 0 Å². The van der Waals surface area contributed by atoms with Crippen LogP contribution in [-0.2, 0) is 0 Å². The van der Waals surface area contributed by atoms with Gasteiger partial charge in [0.25, 0.3) is 0 Å². The second-order valence-corrected chi connectivity index (χ2v) is 5.14. The molecule has 4 heteroatoms. The van der Waals surface area contributed by atoms with E-state index in [9.17, 15) is 8.78 Å². The van der Waals surface area contributed by atoms with Gasteiger partial charge in [-0.1, -0.05) is 30.9 Å². The van der Waals surface area contributed by atoms with Crippen molar-refractivity contribution in [2.24, 2.45) is 11.7 Å². The smallest absolute Gasteiger partial charge is 0.132 e. The third kappa shape index (κ3) is 2.78. The lowest BCUT2D eigenvalue weighted by Gasteiger charge is -2.28. The molecule has 0 heterocycles. The van der Waals surface area contributed by atoms with Crippen LogP contribution in [0, 0.1) is 17.6 Å². The summed E-state index contributed by atoms with van der Waals surface area (Å²) in [5.74, 6) is -1.09. The molecule has 1 saturated carbocycles. The molecule has 17 heavy (non-hydrogen) atoms. The van der Waals surface area contributed by atoms with E-state index in [1.54, 1.807) is 0 Å². The van der Waals surface area contributed by atoms with E-state index >= 15 is 0 Å². The Bertz CT molecular complexity index is 379. The standard InChI is InChI=1S/C13H16ClF2N/c14-9-6-10(15)12(11(16)7-9)13(17)8-4-2-1-3-5-8/h6-8,13H,1-5,17H2/t13-/m0/s1. The fourth-order valence-electron chi connectivity index (χ4n) is 2.60. The van der Waals surface area contributed by atoms with E-state index in [0.29, 0.717) is 0 Å². The molecule has 1 nitrogen and oxygen atoms in total. The highest BCUT2D eigenvalue weighted by Crippen LogP contribution is 2.35. The van der Waals surface area contributed by atoms with Crippen LogP contribution in [0.1, 0.15) is 43.7 Å². The fourth-order valence-corrected chi connectivity index (χ4v) is 2.79. The third-order valence-electron chi connectivity index (χ3n) is 3.53. The first-order valence-electron chi connectivity index (χ1n) is 5.99. The molecule has 0 saturated heterocycles. The van der Waals surface area contributed by atoms with Crippen LogP contribution in [0.15, 0.2) is 12.1 Å². The molecule has 94 valence electrons. The summed E-state index contributed by atoms with van der Waals surface area (Å²) in [6.07, 6.45) is 5.27. The molecule has 1 fully saturated rings. The highest BCUT2D eigenvalue weighted by molar-refractivity contribution is 6.30. The Balaban J connectivity index is 2.26. The molecule has 2 rings (SSSR count). The molecule has 1 aliphatic carbocycles. The Kier molecular flexibility index (Phi) is 4.00. The summed E-state index contributed by atoms with van der Waals surface area (Å²) in [5, 5.41) is 0.0691. The molecule has 0 bridgehead atoms. The SMILES string of the molecule is N[C@H](c1c(F)cc(Cl)cc1F)C1CCCCC1. The van der Waals surface area contributed by atoms with Gasteiger partial charge in [-0.05, 0) is 30.9 Å². The molecule has 0 spiro atoms. The molecule has 0 amide bonds. The van der Waals surface area contributed by atoms with Crippen LogP contribution < -0.4 is 5.73 Å². The van der Waals surface area contributed by atoms with Gasteiger partial charge in [-0.15, -0.1) is 0 Å². The Hall–Kier alpha value is -0.670. The summed E-state index contributed by atoms with van der Waals surface area (Å²) in [4.78, 5) is 0. The number of hydrogen-bond donors (Lipinski definition) is 1. The molecule has 0 aromatic heterocycles. The lowest BCUT2D eigenvalue weighted by Crippen LogP contribution is -2.25. The van der Waals surface area contributed by atoms with Crippen LogP contribution in [-0.4, -0.2) is 0 Å². The Labute approximate surface area is 105 Å². The van der Waals surface area contributed by atoms with Crippen molar-refractivity contribution in [1.82, 2.24) is 0 Å². The van der Waals surface area contributed by atoms with Gasteiger partial charge in [0.05, 0.1) is 0 Å². The number of halogens is 3. The van der Waals surface area contributed by atoms with E-state index in [1.807, 2.05) is 0 Å². The van der Waals surface area contributed by atoms with Crippen molar-refractivity contribution in [2.45, 2.75) is 38.1 Å². The quantitative estimate of drug-likeness (QED) is 0.846. The maximum absolute atomic E-state index is 13.7. The average Bonchev–Trinajstić information content (AvgIpc) is 2.28. The van der Waals surface area contributed by atoms with Gasteiger partial charge < -0.3 is 5.73 Å². The van der Waals surface area contributed by atoms with Crippen molar-refractivity contribution in [2.75, 3.05) is 0 Å². The number of hydrogen-bond acceptors (Lipinski definition) is 1. The lowest BCUT2D eigenvalue weighted by atomic mass is 9.81. The minimum atomic E-state index is -0.631. The lowest BCUT2D eigenvalue weighted by molar-refractivity contribution is 0.298. The molecule has 1 atom stereocenters. The van der Waals surface area contributed by atoms with Crippen molar-refractivity contribution in [1.29, 1.82) is 0 Å². The normalized spacial score (nSPS) is 19.3. The molecular weight excluding hydrogens is 244 g/mol. The highest BCUT2D eigenvalue weighted by atomic mass is 35.5. The summed E-state index contributed by atoms with van der Waals surface area (Å²) in [6, 6.07) is 1.69. The molecule has 1 aromatic carbocycles. The number of nitrogens with two attached hydrogens (primary N) is 1. The average molecular weight is 260 g/mol. The monoisotopic (exact) mass is 259 g/mol. The molecule has 0 aliphatic heterocycles. The van der Waals surface area contributed by atoms with Crippen LogP contribution in [0.4, 0.5) is 8.78 Å². The summed E-state index contributed by atoms with van der Waals surface area (Å²) in [5.41, 5.74) is 5.99. The number of benzene rings is 1. The second-order valence-electron chi connectivity index (χ2n) is 4.71. The first kappa shape index (κ1) is 12.8. The van der Waals surface area contributed by atoms with E-state index < -0.39 is 17.7 Å². The van der Waals surface area contributed by atoms with Crippen LogP contribution >= 0.6 is 11.6 Å². The zero-order valence-electron chi connectivity index (χ0n) is 9.56. The summed E-state index contributed by atoms with van der Waals surface area (Å²) in [6.45, 7) is 0. The Morgan fingerprint density at radius 3 is 2.18 bits per heavy atom. The molecular formula is C13H16ClF2N. The zero-order chi connectivity index (χ0) is 12.4. The van der Waals surface area contributed by atoms with Crippen molar-refractivity contribution in [3.8, 4) is 0 Å². The fraction of sp³-hybridized carbons (Fsp3) is 0.538. The second kappa shape index (κ2) is 5.32. The van der Waals surface area contributed by atoms with Crippen molar-refractivity contribution >= 4 is 11.6 Å². The van der Waals surface area contributed by atoms with Crippen molar-refractivity contribution < 1.29 is 8.78 Å². The minimum Gasteiger partial charge on any atom is -0.324 e. The topological polar surface area (TPSA) is 26.0 Å². The highest BCUT2D eigenvalue weighted by Gasteiger charge is 2.26. The van der Waals surface area contributed by atoms with Gasteiger partial charge in [0.15, 0.2) is 0 Å².